The van der Waals surface area contributed by atoms with Crippen molar-refractivity contribution in [1.82, 2.24) is 10.1 Å². The van der Waals surface area contributed by atoms with Gasteiger partial charge in [-0.25, -0.2) is 4.98 Å². The van der Waals surface area contributed by atoms with Crippen molar-refractivity contribution in [3.8, 4) is 6.07 Å². The van der Waals surface area contributed by atoms with Crippen LogP contribution in [0.4, 0.5) is 5.82 Å². The Bertz CT molecular complexity index is 625. The minimum atomic E-state index is -0.0218. The number of nitriles is 1. The largest absolute Gasteiger partial charge is 0.363 e. The summed E-state index contributed by atoms with van der Waals surface area (Å²) in [5.41, 5.74) is 2.04. The van der Waals surface area contributed by atoms with Crippen molar-refractivity contribution in [3.05, 3.63) is 39.9 Å². The molecule has 2 heterocycles. The zero-order valence-corrected chi connectivity index (χ0v) is 11.6. The van der Waals surface area contributed by atoms with Crippen LogP contribution in [-0.4, -0.2) is 10.1 Å². The first-order valence-corrected chi connectivity index (χ1v) is 6.16. The van der Waals surface area contributed by atoms with Gasteiger partial charge in [-0.05, 0) is 32.9 Å². The third-order valence-electron chi connectivity index (χ3n) is 2.84. The zero-order chi connectivity index (χ0) is 14.0. The van der Waals surface area contributed by atoms with Crippen LogP contribution in [0.2, 0.25) is 5.02 Å². The first-order chi connectivity index (χ1) is 9.02. The van der Waals surface area contributed by atoms with E-state index in [1.807, 2.05) is 26.8 Å². The first-order valence-electron chi connectivity index (χ1n) is 5.79. The van der Waals surface area contributed by atoms with E-state index in [0.29, 0.717) is 10.8 Å². The number of aryl methyl sites for hydroxylation is 2. The Kier molecular flexibility index (Phi) is 3.72. The lowest BCUT2D eigenvalue weighted by Crippen LogP contribution is -2.10. The van der Waals surface area contributed by atoms with Crippen molar-refractivity contribution < 1.29 is 4.52 Å². The Morgan fingerprint density at radius 3 is 2.74 bits per heavy atom. The smallest absolute Gasteiger partial charge is 0.161 e. The minimum Gasteiger partial charge on any atom is -0.363 e. The maximum absolute atomic E-state index is 8.90. The fourth-order valence-electron chi connectivity index (χ4n) is 2.00. The lowest BCUT2D eigenvalue weighted by molar-refractivity contribution is 0.392. The molecule has 98 valence electrons. The van der Waals surface area contributed by atoms with Crippen LogP contribution in [0.3, 0.4) is 0 Å². The SMILES string of the molecule is Cc1noc(C)c1C(C)Nc1ccc(Cl)c(C#N)n1. The van der Waals surface area contributed by atoms with Crippen LogP contribution < -0.4 is 5.32 Å². The standard InChI is InChI=1S/C13H13ClN4O/c1-7(13-8(2)18-19-9(13)3)16-12-5-4-10(14)11(6-15)17-12/h4-5,7H,1-3H3,(H,16,17). The van der Waals surface area contributed by atoms with Gasteiger partial charge in [-0.2, -0.15) is 5.26 Å². The molecular formula is C13H13ClN4O. The van der Waals surface area contributed by atoms with E-state index in [4.69, 9.17) is 21.4 Å². The lowest BCUT2D eigenvalue weighted by Gasteiger charge is -2.14. The predicted molar refractivity (Wildman–Crippen MR) is 72.0 cm³/mol. The molecule has 6 heteroatoms. The van der Waals surface area contributed by atoms with Gasteiger partial charge in [-0.3, -0.25) is 0 Å². The number of hydrogen-bond acceptors (Lipinski definition) is 5. The van der Waals surface area contributed by atoms with Gasteiger partial charge in [0.25, 0.3) is 0 Å². The second kappa shape index (κ2) is 5.29. The highest BCUT2D eigenvalue weighted by Gasteiger charge is 2.17. The van der Waals surface area contributed by atoms with Crippen LogP contribution >= 0.6 is 11.6 Å². The number of rotatable bonds is 3. The van der Waals surface area contributed by atoms with Crippen LogP contribution in [0.5, 0.6) is 0 Å². The van der Waals surface area contributed by atoms with Crippen molar-refractivity contribution in [2.24, 2.45) is 0 Å². The molecule has 1 atom stereocenters. The Labute approximate surface area is 116 Å². The average molecular weight is 277 g/mol. The molecule has 5 nitrogen and oxygen atoms in total. The Morgan fingerprint density at radius 2 is 2.16 bits per heavy atom. The van der Waals surface area contributed by atoms with Crippen molar-refractivity contribution in [2.75, 3.05) is 5.32 Å². The molecule has 0 fully saturated rings. The molecule has 2 rings (SSSR count). The highest BCUT2D eigenvalue weighted by molar-refractivity contribution is 6.31. The Balaban J connectivity index is 2.25. The highest BCUT2D eigenvalue weighted by Crippen LogP contribution is 2.25. The number of pyridine rings is 1. The van der Waals surface area contributed by atoms with E-state index >= 15 is 0 Å². The third-order valence-corrected chi connectivity index (χ3v) is 3.14. The molecule has 0 amide bonds. The fraction of sp³-hybridized carbons (Fsp3) is 0.308. The maximum Gasteiger partial charge on any atom is 0.161 e. The van der Waals surface area contributed by atoms with Crippen LogP contribution in [0, 0.1) is 25.2 Å². The predicted octanol–water partition coefficient (Wildman–Crippen LogP) is 3.38. The van der Waals surface area contributed by atoms with Gasteiger partial charge in [0, 0.05) is 5.56 Å². The molecule has 0 saturated carbocycles. The topological polar surface area (TPSA) is 74.7 Å². The second-order valence-corrected chi connectivity index (χ2v) is 4.65. The van der Waals surface area contributed by atoms with Gasteiger partial charge in [0.05, 0.1) is 16.8 Å². The number of nitrogens with zero attached hydrogens (tertiary/aromatic N) is 3. The summed E-state index contributed by atoms with van der Waals surface area (Å²) in [5.74, 6) is 1.36. The van der Waals surface area contributed by atoms with Crippen LogP contribution in [0.1, 0.15) is 35.7 Å². The van der Waals surface area contributed by atoms with E-state index < -0.39 is 0 Å². The highest BCUT2D eigenvalue weighted by atomic mass is 35.5. The number of nitrogens with one attached hydrogen (secondary N) is 1. The summed E-state index contributed by atoms with van der Waals surface area (Å²) in [4.78, 5) is 4.14. The van der Waals surface area contributed by atoms with Crippen LogP contribution in [-0.2, 0) is 0 Å². The van der Waals surface area contributed by atoms with E-state index in [1.54, 1.807) is 12.1 Å². The average Bonchev–Trinajstić information content (AvgIpc) is 2.71. The molecule has 19 heavy (non-hydrogen) atoms. The normalized spacial score (nSPS) is 11.9. The molecule has 0 aliphatic rings. The van der Waals surface area contributed by atoms with Crippen LogP contribution in [0.25, 0.3) is 0 Å². The zero-order valence-electron chi connectivity index (χ0n) is 10.9. The van der Waals surface area contributed by atoms with Gasteiger partial charge >= 0.3 is 0 Å². The maximum atomic E-state index is 8.90. The van der Waals surface area contributed by atoms with Crippen molar-refractivity contribution in [2.45, 2.75) is 26.8 Å². The molecule has 0 saturated heterocycles. The second-order valence-electron chi connectivity index (χ2n) is 4.24. The van der Waals surface area contributed by atoms with Gasteiger partial charge in [0.1, 0.15) is 17.6 Å². The van der Waals surface area contributed by atoms with E-state index in [2.05, 4.69) is 15.5 Å². The quantitative estimate of drug-likeness (QED) is 0.930. The molecule has 0 aliphatic carbocycles. The molecule has 1 N–H and O–H groups in total. The third kappa shape index (κ3) is 2.69. The van der Waals surface area contributed by atoms with E-state index in [9.17, 15) is 0 Å². The molecule has 0 spiro atoms. The summed E-state index contributed by atoms with van der Waals surface area (Å²) in [6.07, 6.45) is 0. The summed E-state index contributed by atoms with van der Waals surface area (Å²) in [7, 11) is 0. The number of hydrogen-bond donors (Lipinski definition) is 1. The van der Waals surface area contributed by atoms with Crippen molar-refractivity contribution in [1.29, 1.82) is 5.26 Å². The molecule has 1 unspecified atom stereocenters. The Morgan fingerprint density at radius 1 is 1.42 bits per heavy atom. The summed E-state index contributed by atoms with van der Waals surface area (Å²) in [6, 6.07) is 5.31. The number of anilines is 1. The van der Waals surface area contributed by atoms with E-state index in [1.165, 1.54) is 0 Å². The van der Waals surface area contributed by atoms with Crippen molar-refractivity contribution in [3.63, 3.8) is 0 Å². The summed E-state index contributed by atoms with van der Waals surface area (Å²) < 4.78 is 5.13. The summed E-state index contributed by atoms with van der Waals surface area (Å²) in [6.45, 7) is 5.73. The molecule has 0 bridgehead atoms. The van der Waals surface area contributed by atoms with Gasteiger partial charge < -0.3 is 9.84 Å². The van der Waals surface area contributed by atoms with Crippen LogP contribution in [0.15, 0.2) is 16.7 Å². The summed E-state index contributed by atoms with van der Waals surface area (Å²) >= 11 is 5.85. The van der Waals surface area contributed by atoms with E-state index in [0.717, 1.165) is 17.0 Å². The number of halogens is 1. The molecule has 2 aromatic rings. The fourth-order valence-corrected chi connectivity index (χ4v) is 2.15. The first kappa shape index (κ1) is 13.4. The van der Waals surface area contributed by atoms with Gasteiger partial charge in [0.15, 0.2) is 5.69 Å². The molecular weight excluding hydrogens is 264 g/mol. The lowest BCUT2D eigenvalue weighted by atomic mass is 10.1. The van der Waals surface area contributed by atoms with Crippen molar-refractivity contribution >= 4 is 17.4 Å². The minimum absolute atomic E-state index is 0.0218. The monoisotopic (exact) mass is 276 g/mol. The molecule has 0 aliphatic heterocycles. The van der Waals surface area contributed by atoms with Gasteiger partial charge in [-0.1, -0.05) is 16.8 Å². The molecule has 0 aromatic carbocycles. The Hall–Kier alpha value is -2.06. The summed E-state index contributed by atoms with van der Waals surface area (Å²) in [5, 5.41) is 16.4. The molecule has 2 aromatic heterocycles. The van der Waals surface area contributed by atoms with E-state index in [-0.39, 0.29) is 11.7 Å². The molecule has 0 radical (unpaired) electrons. The number of aromatic nitrogens is 2. The van der Waals surface area contributed by atoms with Gasteiger partial charge in [0.2, 0.25) is 0 Å². The van der Waals surface area contributed by atoms with Gasteiger partial charge in [-0.15, -0.1) is 0 Å².